The van der Waals surface area contributed by atoms with Crippen molar-refractivity contribution in [2.24, 2.45) is 23.2 Å². The van der Waals surface area contributed by atoms with Gasteiger partial charge >= 0.3 is 17.2 Å². The Morgan fingerprint density at radius 1 is 0.453 bits per heavy atom. The Balaban J connectivity index is 0.00000185. The standard InChI is InChI=1S/C54H86O3.H4O5P2/c1-45(2)31-19-10-7-13-28-40-53(41-29-14-8-11-20-32-46(3)4,42-30-15-9-12-21-33-47(5)6)52(43-55)57-44-51(56)54(48-34-22-16-23-35-48,49-36-24-17-25-37-49)50-38-26-18-27-39-50;1-6(2)5-7(3)4/h16-18,22-27,34-39,45-47,51-52,55-56H,7-15,19-21,28-33,40-44H2,1-6H3;1-4H. The third-order valence-electron chi connectivity index (χ3n) is 13.0. The van der Waals surface area contributed by atoms with Crippen LogP contribution in [-0.2, 0) is 14.5 Å². The lowest BCUT2D eigenvalue weighted by atomic mass is 9.65. The van der Waals surface area contributed by atoms with Gasteiger partial charge in [0.1, 0.15) is 0 Å². The van der Waals surface area contributed by atoms with Crippen molar-refractivity contribution in [1.82, 2.24) is 0 Å². The minimum absolute atomic E-state index is 0.0150. The summed E-state index contributed by atoms with van der Waals surface area (Å²) in [7, 11) is -5.22. The fourth-order valence-corrected chi connectivity index (χ4v) is 10.1. The Morgan fingerprint density at radius 3 is 1.02 bits per heavy atom. The lowest BCUT2D eigenvalue weighted by molar-refractivity contribution is -0.111. The van der Waals surface area contributed by atoms with E-state index in [1.807, 2.05) is 18.2 Å². The van der Waals surface area contributed by atoms with E-state index in [4.69, 9.17) is 24.3 Å². The Hall–Kier alpha value is -1.80. The number of hydrogen-bond donors (Lipinski definition) is 6. The van der Waals surface area contributed by atoms with Gasteiger partial charge in [0.25, 0.3) is 0 Å². The van der Waals surface area contributed by atoms with E-state index in [1.54, 1.807) is 0 Å². The molecule has 0 saturated heterocycles. The molecule has 0 heterocycles. The molecule has 0 aliphatic heterocycles. The van der Waals surface area contributed by atoms with Crippen molar-refractivity contribution in [3.05, 3.63) is 108 Å². The zero-order chi connectivity index (χ0) is 47.1. The minimum atomic E-state index is -2.61. The zero-order valence-electron chi connectivity index (χ0n) is 40.7. The van der Waals surface area contributed by atoms with Crippen LogP contribution in [0, 0.1) is 23.2 Å². The number of aliphatic hydroxyl groups is 2. The van der Waals surface area contributed by atoms with Crippen LogP contribution in [0.3, 0.4) is 0 Å². The Kier molecular flexibility index (Phi) is 31.4. The van der Waals surface area contributed by atoms with Crippen molar-refractivity contribution >= 4 is 17.2 Å². The van der Waals surface area contributed by atoms with Crippen LogP contribution < -0.4 is 0 Å². The maximum absolute atomic E-state index is 12.7. The first kappa shape index (κ1) is 58.3. The number of hydrogen-bond acceptors (Lipinski definition) is 8. The summed E-state index contributed by atoms with van der Waals surface area (Å²) in [5.74, 6) is 2.32. The smallest absolute Gasteiger partial charge is 0.334 e. The zero-order valence-corrected chi connectivity index (χ0v) is 42.5. The Labute approximate surface area is 392 Å². The molecule has 0 aromatic heterocycles. The van der Waals surface area contributed by atoms with Gasteiger partial charge in [0, 0.05) is 0 Å². The van der Waals surface area contributed by atoms with Gasteiger partial charge in [-0.3, -0.25) is 0 Å². The second kappa shape index (κ2) is 34.5. The summed E-state index contributed by atoms with van der Waals surface area (Å²) in [5, 5.41) is 24.1. The summed E-state index contributed by atoms with van der Waals surface area (Å²) in [5.41, 5.74) is 2.17. The highest BCUT2D eigenvalue weighted by Crippen LogP contribution is 2.46. The van der Waals surface area contributed by atoms with Crippen LogP contribution in [0.4, 0.5) is 0 Å². The largest absolute Gasteiger partial charge is 0.394 e. The van der Waals surface area contributed by atoms with Crippen LogP contribution in [0.1, 0.15) is 193 Å². The summed E-state index contributed by atoms with van der Waals surface area (Å²) in [4.78, 5) is 31.3. The number of unbranched alkanes of at least 4 members (excludes halogenated alkanes) is 12. The first-order valence-electron chi connectivity index (χ1n) is 24.9. The second-order valence-electron chi connectivity index (χ2n) is 19.5. The fourth-order valence-electron chi connectivity index (χ4n) is 9.54. The molecule has 3 rings (SSSR count). The van der Waals surface area contributed by atoms with E-state index in [0.29, 0.717) is 0 Å². The van der Waals surface area contributed by atoms with Crippen LogP contribution in [0.15, 0.2) is 91.0 Å². The number of ether oxygens (including phenoxy) is 1. The van der Waals surface area contributed by atoms with Crippen molar-refractivity contribution < 1.29 is 38.8 Å². The summed E-state index contributed by atoms with van der Waals surface area (Å²) < 4.78 is 10.7. The van der Waals surface area contributed by atoms with Crippen molar-refractivity contribution in [3.8, 4) is 0 Å². The van der Waals surface area contributed by atoms with Gasteiger partial charge in [0.2, 0.25) is 0 Å². The molecule has 0 amide bonds. The summed E-state index contributed by atoms with van der Waals surface area (Å²) in [6.45, 7) is 14.1. The predicted molar refractivity (Wildman–Crippen MR) is 270 cm³/mol. The van der Waals surface area contributed by atoms with Gasteiger partial charge in [0.15, 0.2) is 0 Å². The van der Waals surface area contributed by atoms with Crippen LogP contribution in [-0.4, -0.2) is 55.2 Å². The van der Waals surface area contributed by atoms with Gasteiger partial charge in [-0.1, -0.05) is 248 Å². The molecule has 0 radical (unpaired) electrons. The molecule has 64 heavy (non-hydrogen) atoms. The van der Waals surface area contributed by atoms with E-state index in [2.05, 4.69) is 119 Å². The van der Waals surface area contributed by atoms with E-state index < -0.39 is 28.7 Å². The maximum atomic E-state index is 12.7. The van der Waals surface area contributed by atoms with Gasteiger partial charge in [-0.05, 0) is 59.1 Å². The van der Waals surface area contributed by atoms with Crippen LogP contribution in [0.2, 0.25) is 0 Å². The lowest BCUT2D eigenvalue weighted by Crippen LogP contribution is -2.47. The monoisotopic (exact) mass is 929 g/mol. The molecule has 3 aromatic rings. The van der Waals surface area contributed by atoms with Crippen LogP contribution in [0.5, 0.6) is 0 Å². The molecule has 0 spiro atoms. The molecule has 364 valence electrons. The van der Waals surface area contributed by atoms with E-state index in [0.717, 1.165) is 53.7 Å². The molecule has 10 heteroatoms. The number of rotatable bonds is 35. The van der Waals surface area contributed by atoms with E-state index in [1.165, 1.54) is 116 Å². The molecule has 0 bridgehead atoms. The highest BCUT2D eigenvalue weighted by atomic mass is 31.2. The molecule has 2 unspecified atom stereocenters. The molecular weight excluding hydrogens is 839 g/mol. The van der Waals surface area contributed by atoms with Crippen LogP contribution in [0.25, 0.3) is 0 Å². The van der Waals surface area contributed by atoms with E-state index >= 15 is 0 Å². The Bertz CT molecular complexity index is 1350. The first-order valence-corrected chi connectivity index (χ1v) is 27.2. The van der Waals surface area contributed by atoms with Gasteiger partial charge in [-0.2, -0.15) is 0 Å². The topological polar surface area (TPSA) is 140 Å². The summed E-state index contributed by atoms with van der Waals surface area (Å²) in [6.07, 6.45) is 25.0. The lowest BCUT2D eigenvalue weighted by Gasteiger charge is -2.44. The molecule has 8 nitrogen and oxygen atoms in total. The molecule has 3 aromatic carbocycles. The van der Waals surface area contributed by atoms with Gasteiger partial charge < -0.3 is 34.5 Å². The molecule has 0 aliphatic carbocycles. The summed E-state index contributed by atoms with van der Waals surface area (Å²) in [6, 6.07) is 31.4. The average Bonchev–Trinajstić information content (AvgIpc) is 3.26. The molecule has 2 atom stereocenters. The molecule has 0 fully saturated rings. The van der Waals surface area contributed by atoms with Gasteiger partial charge in [0.05, 0.1) is 30.8 Å². The highest BCUT2D eigenvalue weighted by Gasteiger charge is 2.45. The van der Waals surface area contributed by atoms with Crippen LogP contribution >= 0.6 is 17.2 Å². The van der Waals surface area contributed by atoms with E-state index in [-0.39, 0.29) is 24.7 Å². The van der Waals surface area contributed by atoms with Crippen molar-refractivity contribution in [2.75, 3.05) is 13.2 Å². The number of aliphatic hydroxyl groups excluding tert-OH is 2. The summed E-state index contributed by atoms with van der Waals surface area (Å²) >= 11 is 0. The third kappa shape index (κ3) is 22.8. The average molecular weight is 929 g/mol. The quantitative estimate of drug-likeness (QED) is 0.0195. The molecule has 0 aliphatic rings. The Morgan fingerprint density at radius 2 is 0.750 bits per heavy atom. The van der Waals surface area contributed by atoms with Crippen molar-refractivity contribution in [2.45, 2.75) is 194 Å². The second-order valence-corrected chi connectivity index (χ2v) is 21.1. The van der Waals surface area contributed by atoms with E-state index in [9.17, 15) is 10.2 Å². The third-order valence-corrected chi connectivity index (χ3v) is 14.2. The van der Waals surface area contributed by atoms with Crippen molar-refractivity contribution in [3.63, 3.8) is 0 Å². The van der Waals surface area contributed by atoms with Crippen molar-refractivity contribution in [1.29, 1.82) is 0 Å². The fraction of sp³-hybridized carbons (Fsp3) is 0.667. The molecule has 6 N–H and O–H groups in total. The molecule has 0 saturated carbocycles. The molecular formula is C54H90O8P2. The minimum Gasteiger partial charge on any atom is -0.394 e. The normalized spacial score (nSPS) is 13.3. The van der Waals surface area contributed by atoms with Gasteiger partial charge in [-0.15, -0.1) is 0 Å². The number of benzene rings is 3. The van der Waals surface area contributed by atoms with Gasteiger partial charge in [-0.25, -0.2) is 4.31 Å². The first-order chi connectivity index (χ1) is 30.8. The predicted octanol–water partition coefficient (Wildman–Crippen LogP) is 14.3. The SMILES string of the molecule is CC(C)CCCCCCCC(CCCCCCCC(C)C)(CCCCCCCC(C)C)C(CO)OCC(O)C(c1ccccc1)(c1ccccc1)c1ccccc1.OP(O)OP(O)O. The maximum Gasteiger partial charge on any atom is 0.334 e. The highest BCUT2D eigenvalue weighted by molar-refractivity contribution is 7.53.